The van der Waals surface area contributed by atoms with Crippen LogP contribution >= 0.6 is 11.8 Å². The summed E-state index contributed by atoms with van der Waals surface area (Å²) in [5.74, 6) is 2.83. The van der Waals surface area contributed by atoms with Crippen LogP contribution in [0.4, 0.5) is 0 Å². The van der Waals surface area contributed by atoms with Gasteiger partial charge >= 0.3 is 0 Å². The van der Waals surface area contributed by atoms with E-state index < -0.39 is 0 Å². The molecular formula is C5H10NS. The zero-order valence-electron chi connectivity index (χ0n) is 4.39. The molecule has 2 heteroatoms. The summed E-state index contributed by atoms with van der Waals surface area (Å²) in [5, 5.41) is 0. The monoisotopic (exact) mass is 116 g/mol. The zero-order valence-corrected chi connectivity index (χ0v) is 5.21. The topological polar surface area (TPSA) is 30.5 Å². The van der Waals surface area contributed by atoms with Crippen LogP contribution in [0, 0.1) is 0 Å². The number of hydrogen-bond acceptors (Lipinski definition) is 1. The minimum Gasteiger partial charge on any atom is -0.162 e. The van der Waals surface area contributed by atoms with Crippen LogP contribution in [0.15, 0.2) is 0 Å². The van der Waals surface area contributed by atoms with Gasteiger partial charge in [0.05, 0.1) is 0 Å². The Labute approximate surface area is 49.5 Å². The molecule has 0 aromatic carbocycles. The SMILES string of the molecule is C1CCSCC1.[N]. The minimum absolute atomic E-state index is 0. The Morgan fingerprint density at radius 2 is 1.43 bits per heavy atom. The van der Waals surface area contributed by atoms with Crippen LogP contribution in [-0.4, -0.2) is 11.5 Å². The second-order valence-corrected chi connectivity index (χ2v) is 2.90. The van der Waals surface area contributed by atoms with Gasteiger partial charge in [0, 0.05) is 6.15 Å². The van der Waals surface area contributed by atoms with E-state index in [2.05, 4.69) is 11.8 Å². The lowest BCUT2D eigenvalue weighted by atomic mass is 10.3. The third-order valence-corrected chi connectivity index (χ3v) is 2.23. The summed E-state index contributed by atoms with van der Waals surface area (Å²) < 4.78 is 0. The van der Waals surface area contributed by atoms with Crippen molar-refractivity contribution in [2.75, 3.05) is 11.5 Å². The van der Waals surface area contributed by atoms with Gasteiger partial charge in [0.15, 0.2) is 0 Å². The summed E-state index contributed by atoms with van der Waals surface area (Å²) >= 11 is 2.09. The van der Waals surface area contributed by atoms with E-state index >= 15 is 0 Å². The molecule has 0 aliphatic carbocycles. The maximum Gasteiger partial charge on any atom is 0 e. The Morgan fingerprint density at radius 3 is 1.57 bits per heavy atom. The molecule has 1 heterocycles. The number of nitrogens with zero attached hydrogens (tertiary/aromatic N) is 1. The number of thioether (sulfide) groups is 1. The van der Waals surface area contributed by atoms with E-state index in [-0.39, 0.29) is 6.15 Å². The van der Waals surface area contributed by atoms with Gasteiger partial charge in [-0.2, -0.15) is 11.8 Å². The van der Waals surface area contributed by atoms with E-state index in [0.717, 1.165) is 0 Å². The van der Waals surface area contributed by atoms with E-state index in [9.17, 15) is 0 Å². The first-order chi connectivity index (χ1) is 3.00. The second-order valence-electron chi connectivity index (χ2n) is 1.67. The lowest BCUT2D eigenvalue weighted by Gasteiger charge is -2.05. The van der Waals surface area contributed by atoms with Crippen molar-refractivity contribution in [3.63, 3.8) is 0 Å². The molecule has 0 unspecified atom stereocenters. The molecule has 0 amide bonds. The summed E-state index contributed by atoms with van der Waals surface area (Å²) in [5.41, 5.74) is 0. The molecule has 1 nitrogen and oxygen atoms in total. The molecule has 1 aliphatic heterocycles. The molecule has 41 valence electrons. The fraction of sp³-hybridized carbons (Fsp3) is 1.00. The van der Waals surface area contributed by atoms with Crippen molar-refractivity contribution in [3.8, 4) is 0 Å². The average molecular weight is 116 g/mol. The van der Waals surface area contributed by atoms with Crippen molar-refractivity contribution in [1.29, 1.82) is 0 Å². The minimum atomic E-state index is 0. The summed E-state index contributed by atoms with van der Waals surface area (Å²) in [6.45, 7) is 0. The first-order valence-electron chi connectivity index (χ1n) is 2.58. The van der Waals surface area contributed by atoms with Crippen LogP contribution in [0.5, 0.6) is 0 Å². The first-order valence-corrected chi connectivity index (χ1v) is 3.73. The fourth-order valence-corrected chi connectivity index (χ4v) is 1.71. The Morgan fingerprint density at radius 1 is 0.857 bits per heavy atom. The van der Waals surface area contributed by atoms with Crippen molar-refractivity contribution < 1.29 is 0 Å². The molecule has 7 heavy (non-hydrogen) atoms. The van der Waals surface area contributed by atoms with E-state index in [0.29, 0.717) is 0 Å². The van der Waals surface area contributed by atoms with Gasteiger partial charge in [-0.25, -0.2) is 0 Å². The molecule has 0 atom stereocenters. The van der Waals surface area contributed by atoms with Crippen LogP contribution in [0.2, 0.25) is 0 Å². The highest BCUT2D eigenvalue weighted by Gasteiger charge is 1.95. The molecule has 0 aromatic rings. The maximum absolute atomic E-state index is 2.09. The van der Waals surface area contributed by atoms with E-state index in [1.54, 1.807) is 0 Å². The highest BCUT2D eigenvalue weighted by atomic mass is 32.2. The van der Waals surface area contributed by atoms with Gasteiger partial charge < -0.3 is 0 Å². The predicted octanol–water partition coefficient (Wildman–Crippen LogP) is 1.42. The van der Waals surface area contributed by atoms with Crippen LogP contribution in [0.1, 0.15) is 19.3 Å². The molecule has 0 N–H and O–H groups in total. The smallest absolute Gasteiger partial charge is 0 e. The molecular weight excluding hydrogens is 106 g/mol. The number of hydrogen-bond donors (Lipinski definition) is 0. The quantitative estimate of drug-likeness (QED) is 0.471. The Kier molecular flexibility index (Phi) is 4.67. The summed E-state index contributed by atoms with van der Waals surface area (Å²) in [6, 6.07) is 0. The standard InChI is InChI=1S/C5H10S.N/c1-2-4-6-5-3-1;/h1-5H2;. The van der Waals surface area contributed by atoms with Crippen LogP contribution in [0.3, 0.4) is 0 Å². The van der Waals surface area contributed by atoms with Crippen molar-refractivity contribution in [1.82, 2.24) is 6.15 Å². The van der Waals surface area contributed by atoms with Crippen molar-refractivity contribution in [2.45, 2.75) is 19.3 Å². The summed E-state index contributed by atoms with van der Waals surface area (Å²) in [6.07, 6.45) is 4.41. The molecule has 0 aromatic heterocycles. The Balaban J connectivity index is 0.000000360. The largest absolute Gasteiger partial charge is 0.162 e. The molecule has 1 rings (SSSR count). The first kappa shape index (κ1) is 7.31. The number of rotatable bonds is 0. The molecule has 1 saturated heterocycles. The predicted molar refractivity (Wildman–Crippen MR) is 33.3 cm³/mol. The normalized spacial score (nSPS) is 20.6. The molecule has 0 bridgehead atoms. The Hall–Kier alpha value is 0.310. The summed E-state index contributed by atoms with van der Waals surface area (Å²) in [7, 11) is 0. The van der Waals surface area contributed by atoms with E-state index in [1.165, 1.54) is 30.8 Å². The lowest BCUT2D eigenvalue weighted by molar-refractivity contribution is 0.764. The van der Waals surface area contributed by atoms with Gasteiger partial charge in [-0.1, -0.05) is 6.42 Å². The van der Waals surface area contributed by atoms with Crippen molar-refractivity contribution in [2.24, 2.45) is 0 Å². The fourth-order valence-electron chi connectivity index (χ4n) is 0.687. The van der Waals surface area contributed by atoms with Gasteiger partial charge in [0.25, 0.3) is 0 Å². The third-order valence-electron chi connectivity index (χ3n) is 1.08. The van der Waals surface area contributed by atoms with Crippen molar-refractivity contribution >= 4 is 11.8 Å². The molecule has 3 radical (unpaired) electrons. The van der Waals surface area contributed by atoms with Gasteiger partial charge in [-0.3, -0.25) is 0 Å². The molecule has 0 spiro atoms. The Bertz CT molecular complexity index is 23.6. The van der Waals surface area contributed by atoms with Gasteiger partial charge in [-0.05, 0) is 24.3 Å². The average Bonchev–Trinajstić information content (AvgIpc) is 1.72. The highest BCUT2D eigenvalue weighted by molar-refractivity contribution is 7.99. The third kappa shape index (κ3) is 2.94. The van der Waals surface area contributed by atoms with Gasteiger partial charge in [0.2, 0.25) is 0 Å². The van der Waals surface area contributed by atoms with Gasteiger partial charge in [0.1, 0.15) is 0 Å². The van der Waals surface area contributed by atoms with E-state index in [1.807, 2.05) is 0 Å². The molecule has 0 saturated carbocycles. The lowest BCUT2D eigenvalue weighted by Crippen LogP contribution is -1.91. The molecule has 1 aliphatic rings. The van der Waals surface area contributed by atoms with Crippen LogP contribution in [-0.2, 0) is 0 Å². The maximum atomic E-state index is 2.09. The second kappa shape index (κ2) is 4.47. The highest BCUT2D eigenvalue weighted by Crippen LogP contribution is 2.14. The molecule has 1 fully saturated rings. The van der Waals surface area contributed by atoms with Crippen LogP contribution in [0.25, 0.3) is 0 Å². The van der Waals surface area contributed by atoms with Crippen LogP contribution < -0.4 is 6.15 Å². The van der Waals surface area contributed by atoms with Crippen molar-refractivity contribution in [3.05, 3.63) is 0 Å². The van der Waals surface area contributed by atoms with Gasteiger partial charge in [-0.15, -0.1) is 0 Å². The summed E-state index contributed by atoms with van der Waals surface area (Å²) in [4.78, 5) is 0. The zero-order chi connectivity index (χ0) is 4.24. The van der Waals surface area contributed by atoms with E-state index in [4.69, 9.17) is 0 Å².